The zero-order valence-electron chi connectivity index (χ0n) is 9.34. The third-order valence-electron chi connectivity index (χ3n) is 3.83. The maximum atomic E-state index is 4.37. The van der Waals surface area contributed by atoms with Gasteiger partial charge in [0.1, 0.15) is 5.54 Å². The number of hydrogen-bond donors (Lipinski definition) is 0. The molecular weight excluding hydrogens is 196 g/mol. The van der Waals surface area contributed by atoms with E-state index in [0.29, 0.717) is 0 Å². The fourth-order valence-corrected chi connectivity index (χ4v) is 2.80. The second-order valence-corrected chi connectivity index (χ2v) is 4.82. The highest BCUT2D eigenvalue weighted by atomic mass is 15.2. The fourth-order valence-electron chi connectivity index (χ4n) is 2.80. The van der Waals surface area contributed by atoms with Gasteiger partial charge in [-0.15, -0.1) is 0 Å². The van der Waals surface area contributed by atoms with E-state index in [-0.39, 0.29) is 5.54 Å². The van der Waals surface area contributed by atoms with Gasteiger partial charge >= 0.3 is 0 Å². The third-order valence-corrected chi connectivity index (χ3v) is 3.83. The minimum absolute atomic E-state index is 0.0608. The van der Waals surface area contributed by atoms with Crippen molar-refractivity contribution < 1.29 is 0 Å². The third kappa shape index (κ3) is 1.69. The molecule has 16 heavy (non-hydrogen) atoms. The van der Waals surface area contributed by atoms with Crippen molar-refractivity contribution in [1.29, 1.82) is 0 Å². The molecule has 1 fully saturated rings. The smallest absolute Gasteiger partial charge is 0.102 e. The van der Waals surface area contributed by atoms with Crippen LogP contribution >= 0.6 is 0 Å². The topological polar surface area (TPSA) is 24.7 Å². The molecule has 1 saturated carbocycles. The van der Waals surface area contributed by atoms with Gasteiger partial charge in [-0.05, 0) is 43.2 Å². The summed E-state index contributed by atoms with van der Waals surface area (Å²) in [6.07, 6.45) is 8.77. The van der Waals surface area contributed by atoms with Crippen LogP contribution in [0.3, 0.4) is 0 Å². The summed E-state index contributed by atoms with van der Waals surface area (Å²) in [5.74, 6) is 0.719. The van der Waals surface area contributed by atoms with Crippen molar-refractivity contribution in [2.75, 3.05) is 0 Å². The Morgan fingerprint density at radius 3 is 2.44 bits per heavy atom. The number of azo groups is 1. The van der Waals surface area contributed by atoms with Gasteiger partial charge in [0, 0.05) is 6.20 Å². The molecule has 0 radical (unpaired) electrons. The molecular formula is C14H16N2. The molecule has 1 heterocycles. The average molecular weight is 212 g/mol. The van der Waals surface area contributed by atoms with Crippen LogP contribution in [0, 0.1) is 0 Å². The molecule has 1 aromatic carbocycles. The van der Waals surface area contributed by atoms with Crippen molar-refractivity contribution in [3.8, 4) is 0 Å². The Kier molecular flexibility index (Phi) is 2.35. The Hall–Kier alpha value is -1.44. The molecule has 2 heteroatoms. The fraction of sp³-hybridized carbons (Fsp3) is 0.429. The van der Waals surface area contributed by atoms with Gasteiger partial charge in [0.05, 0.1) is 0 Å². The van der Waals surface area contributed by atoms with Gasteiger partial charge in [0.15, 0.2) is 0 Å². The molecule has 0 atom stereocenters. The molecule has 0 unspecified atom stereocenters. The van der Waals surface area contributed by atoms with E-state index < -0.39 is 0 Å². The van der Waals surface area contributed by atoms with Crippen LogP contribution in [-0.2, 0) is 0 Å². The average Bonchev–Trinajstić information content (AvgIpc) is 2.80. The van der Waals surface area contributed by atoms with E-state index in [1.165, 1.54) is 18.4 Å². The highest BCUT2D eigenvalue weighted by Gasteiger charge is 2.35. The Labute approximate surface area is 96.1 Å². The summed E-state index contributed by atoms with van der Waals surface area (Å²) in [5.41, 5.74) is 1.54. The molecule has 1 aliphatic heterocycles. The summed E-state index contributed by atoms with van der Waals surface area (Å²) in [4.78, 5) is 0. The Morgan fingerprint density at radius 1 is 1.06 bits per heavy atom. The van der Waals surface area contributed by atoms with Gasteiger partial charge in [-0.2, -0.15) is 10.2 Å². The Bertz CT molecular complexity index is 398. The maximum Gasteiger partial charge on any atom is 0.102 e. The van der Waals surface area contributed by atoms with Crippen molar-refractivity contribution in [2.45, 2.75) is 37.1 Å². The van der Waals surface area contributed by atoms with E-state index in [1.54, 1.807) is 0 Å². The van der Waals surface area contributed by atoms with Gasteiger partial charge in [0.25, 0.3) is 0 Å². The molecule has 0 amide bonds. The minimum atomic E-state index is 0.0608. The molecule has 1 spiro atoms. The molecule has 0 saturated heterocycles. The summed E-state index contributed by atoms with van der Waals surface area (Å²) in [6.45, 7) is 0. The minimum Gasteiger partial charge on any atom is -0.178 e. The first kappa shape index (κ1) is 9.76. The SMILES string of the molecule is C1=CC2(CCC(c3ccccc3)CC2)N=N1. The monoisotopic (exact) mass is 212 g/mol. The van der Waals surface area contributed by atoms with Crippen molar-refractivity contribution in [3.63, 3.8) is 0 Å². The first-order valence-electron chi connectivity index (χ1n) is 6.03. The normalized spacial score (nSPS) is 32.4. The van der Waals surface area contributed by atoms with Gasteiger partial charge in [0.2, 0.25) is 0 Å². The molecule has 1 aliphatic carbocycles. The maximum absolute atomic E-state index is 4.37. The lowest BCUT2D eigenvalue weighted by molar-refractivity contribution is 0.326. The first-order chi connectivity index (χ1) is 7.88. The van der Waals surface area contributed by atoms with Crippen molar-refractivity contribution in [1.82, 2.24) is 0 Å². The van der Waals surface area contributed by atoms with E-state index in [1.807, 2.05) is 6.20 Å². The lowest BCUT2D eigenvalue weighted by atomic mass is 9.75. The number of hydrogen-bond acceptors (Lipinski definition) is 2. The van der Waals surface area contributed by atoms with Crippen LogP contribution < -0.4 is 0 Å². The van der Waals surface area contributed by atoms with Gasteiger partial charge < -0.3 is 0 Å². The first-order valence-corrected chi connectivity index (χ1v) is 6.03. The lowest BCUT2D eigenvalue weighted by Gasteiger charge is -2.32. The lowest BCUT2D eigenvalue weighted by Crippen LogP contribution is -2.27. The highest BCUT2D eigenvalue weighted by molar-refractivity contribution is 5.22. The molecule has 2 aliphatic rings. The molecule has 1 aromatic rings. The van der Waals surface area contributed by atoms with Crippen LogP contribution in [0.2, 0.25) is 0 Å². The number of rotatable bonds is 1. The molecule has 82 valence electrons. The largest absolute Gasteiger partial charge is 0.178 e. The van der Waals surface area contributed by atoms with Crippen molar-refractivity contribution in [2.24, 2.45) is 10.2 Å². The Balaban J connectivity index is 1.71. The second-order valence-electron chi connectivity index (χ2n) is 4.82. The summed E-state index contributed by atoms with van der Waals surface area (Å²) in [7, 11) is 0. The van der Waals surface area contributed by atoms with E-state index in [2.05, 4.69) is 46.6 Å². The van der Waals surface area contributed by atoms with Crippen LogP contribution in [0.25, 0.3) is 0 Å². The standard InChI is InChI=1S/C14H16N2/c1-2-4-12(5-3-1)13-6-8-14(9-7-13)10-11-15-16-14/h1-5,10-11,13H,6-9H2. The predicted molar refractivity (Wildman–Crippen MR) is 64.4 cm³/mol. The van der Waals surface area contributed by atoms with Gasteiger partial charge in [-0.1, -0.05) is 30.3 Å². The molecule has 0 aromatic heterocycles. The summed E-state index contributed by atoms with van der Waals surface area (Å²) in [5, 5.41) is 8.37. The van der Waals surface area contributed by atoms with Crippen LogP contribution in [0.5, 0.6) is 0 Å². The summed E-state index contributed by atoms with van der Waals surface area (Å²) >= 11 is 0. The van der Waals surface area contributed by atoms with Crippen LogP contribution in [-0.4, -0.2) is 5.54 Å². The predicted octanol–water partition coefficient (Wildman–Crippen LogP) is 4.06. The van der Waals surface area contributed by atoms with Crippen LogP contribution in [0.1, 0.15) is 37.2 Å². The van der Waals surface area contributed by atoms with E-state index in [4.69, 9.17) is 0 Å². The Morgan fingerprint density at radius 2 is 1.81 bits per heavy atom. The van der Waals surface area contributed by atoms with Crippen molar-refractivity contribution >= 4 is 0 Å². The molecule has 2 nitrogen and oxygen atoms in total. The number of nitrogens with zero attached hydrogens (tertiary/aromatic N) is 2. The van der Waals surface area contributed by atoms with Gasteiger partial charge in [-0.3, -0.25) is 0 Å². The van der Waals surface area contributed by atoms with E-state index in [0.717, 1.165) is 18.8 Å². The second kappa shape index (κ2) is 3.85. The highest BCUT2D eigenvalue weighted by Crippen LogP contribution is 2.42. The van der Waals surface area contributed by atoms with Crippen molar-refractivity contribution in [3.05, 3.63) is 48.2 Å². The molecule has 0 N–H and O–H groups in total. The van der Waals surface area contributed by atoms with E-state index in [9.17, 15) is 0 Å². The van der Waals surface area contributed by atoms with Gasteiger partial charge in [-0.25, -0.2) is 0 Å². The number of benzene rings is 1. The molecule has 0 bridgehead atoms. The summed E-state index contributed by atoms with van der Waals surface area (Å²) in [6, 6.07) is 10.8. The van der Waals surface area contributed by atoms with Crippen LogP contribution in [0.15, 0.2) is 52.8 Å². The summed E-state index contributed by atoms with van der Waals surface area (Å²) < 4.78 is 0. The van der Waals surface area contributed by atoms with E-state index >= 15 is 0 Å². The quantitative estimate of drug-likeness (QED) is 0.670. The molecule has 3 rings (SSSR count). The zero-order chi connectivity index (χ0) is 10.8. The van der Waals surface area contributed by atoms with Crippen LogP contribution in [0.4, 0.5) is 0 Å². The zero-order valence-corrected chi connectivity index (χ0v) is 9.34.